The van der Waals surface area contributed by atoms with E-state index in [0.717, 1.165) is 5.56 Å². The van der Waals surface area contributed by atoms with Crippen LogP contribution in [0.25, 0.3) is 0 Å². The Labute approximate surface area is 149 Å². The molecule has 0 aromatic heterocycles. The maximum Gasteiger partial charge on any atom is 0.408 e. The summed E-state index contributed by atoms with van der Waals surface area (Å²) in [6.07, 6.45) is -0.614. The summed E-state index contributed by atoms with van der Waals surface area (Å²) in [5.74, 6) is -0.169. The molecule has 1 aromatic rings. The van der Waals surface area contributed by atoms with E-state index in [-0.39, 0.29) is 12.3 Å². The fourth-order valence-electron chi connectivity index (χ4n) is 2.08. The van der Waals surface area contributed by atoms with Crippen LogP contribution in [0.2, 0.25) is 0 Å². The van der Waals surface area contributed by atoms with Crippen LogP contribution in [-0.2, 0) is 16.1 Å². The van der Waals surface area contributed by atoms with Gasteiger partial charge in [-0.15, -0.1) is 0 Å². The second kappa shape index (κ2) is 8.34. The number of alkyl carbamates (subject to hydrolysis) is 1. The maximum atomic E-state index is 12.2. The van der Waals surface area contributed by atoms with E-state index in [1.54, 1.807) is 39.0 Å². The highest BCUT2D eigenvalue weighted by atomic mass is 16.7. The van der Waals surface area contributed by atoms with Crippen molar-refractivity contribution in [2.45, 2.75) is 66.5 Å². The molecule has 1 heterocycles. The van der Waals surface area contributed by atoms with Crippen molar-refractivity contribution in [2.75, 3.05) is 6.54 Å². The van der Waals surface area contributed by atoms with Gasteiger partial charge < -0.3 is 19.5 Å². The molecule has 0 spiro atoms. The highest BCUT2D eigenvalue weighted by Gasteiger charge is 2.27. The van der Waals surface area contributed by atoms with E-state index < -0.39 is 17.5 Å². The van der Waals surface area contributed by atoms with E-state index in [1.807, 2.05) is 27.7 Å². The summed E-state index contributed by atoms with van der Waals surface area (Å²) in [6.45, 7) is 13.2. The van der Waals surface area contributed by atoms with Crippen LogP contribution in [0.15, 0.2) is 18.2 Å². The molecule has 0 fully saturated rings. The van der Waals surface area contributed by atoms with Crippen molar-refractivity contribution in [2.24, 2.45) is 0 Å². The SMILES string of the molecule is CC.CC(C)(C)OC(=O)NCC(=O)c1ccc2c(c1)COC(C)(C)O2. The minimum absolute atomic E-state index is 0.124. The first-order valence-electron chi connectivity index (χ1n) is 8.52. The number of Topliss-reactive ketones (excluding diaryl/α,β-unsaturated/α-hetero) is 1. The topological polar surface area (TPSA) is 73.9 Å². The summed E-state index contributed by atoms with van der Waals surface area (Å²) in [4.78, 5) is 23.7. The molecule has 1 aliphatic heterocycles. The Balaban J connectivity index is 0.00000151. The lowest BCUT2D eigenvalue weighted by Gasteiger charge is -2.32. The van der Waals surface area contributed by atoms with Crippen LogP contribution in [0, 0.1) is 0 Å². The van der Waals surface area contributed by atoms with Crippen LogP contribution in [0.5, 0.6) is 5.75 Å². The fraction of sp³-hybridized carbons (Fsp3) is 0.579. The Morgan fingerprint density at radius 2 is 1.88 bits per heavy atom. The van der Waals surface area contributed by atoms with Gasteiger partial charge in [0.1, 0.15) is 11.4 Å². The van der Waals surface area contributed by atoms with Crippen LogP contribution >= 0.6 is 0 Å². The Morgan fingerprint density at radius 3 is 2.48 bits per heavy atom. The van der Waals surface area contributed by atoms with Gasteiger partial charge in [0, 0.05) is 25.0 Å². The van der Waals surface area contributed by atoms with Gasteiger partial charge in [-0.25, -0.2) is 4.79 Å². The summed E-state index contributed by atoms with van der Waals surface area (Å²) >= 11 is 0. The quantitative estimate of drug-likeness (QED) is 0.831. The number of nitrogens with one attached hydrogen (secondary N) is 1. The van der Waals surface area contributed by atoms with Gasteiger partial charge in [-0.05, 0) is 39.0 Å². The number of hydrogen-bond donors (Lipinski definition) is 1. The van der Waals surface area contributed by atoms with Crippen molar-refractivity contribution >= 4 is 11.9 Å². The Kier molecular flexibility index (Phi) is 6.99. The van der Waals surface area contributed by atoms with E-state index in [0.29, 0.717) is 17.9 Å². The third kappa shape index (κ3) is 6.74. The molecule has 0 aliphatic carbocycles. The molecule has 1 N–H and O–H groups in total. The van der Waals surface area contributed by atoms with Gasteiger partial charge in [0.15, 0.2) is 5.78 Å². The number of fused-ring (bicyclic) bond motifs is 1. The number of ether oxygens (including phenoxy) is 3. The van der Waals surface area contributed by atoms with Crippen LogP contribution < -0.4 is 10.1 Å². The largest absolute Gasteiger partial charge is 0.463 e. The molecule has 0 radical (unpaired) electrons. The molecule has 25 heavy (non-hydrogen) atoms. The van der Waals surface area contributed by atoms with Gasteiger partial charge in [0.05, 0.1) is 13.2 Å². The van der Waals surface area contributed by atoms with Gasteiger partial charge in [-0.3, -0.25) is 4.79 Å². The standard InChI is InChI=1S/C17H23NO5.C2H6/c1-16(2,3)23-15(20)18-9-13(19)11-6-7-14-12(8-11)10-21-17(4,5)22-14;1-2/h6-8H,9-10H2,1-5H3,(H,18,20);1-2H3. The zero-order valence-corrected chi connectivity index (χ0v) is 16.2. The second-order valence-electron chi connectivity index (χ2n) is 6.89. The number of ketones is 1. The van der Waals surface area contributed by atoms with Crippen molar-refractivity contribution in [3.63, 3.8) is 0 Å². The summed E-state index contributed by atoms with van der Waals surface area (Å²) in [6, 6.07) is 5.16. The van der Waals surface area contributed by atoms with E-state index >= 15 is 0 Å². The number of hydrogen-bond acceptors (Lipinski definition) is 5. The average molecular weight is 351 g/mol. The van der Waals surface area contributed by atoms with Gasteiger partial charge in [0.2, 0.25) is 5.79 Å². The number of carbonyl (C=O) groups is 2. The molecular formula is C19H29NO5. The Hall–Kier alpha value is -2.08. The normalized spacial score (nSPS) is 15.0. The van der Waals surface area contributed by atoms with E-state index in [9.17, 15) is 9.59 Å². The third-order valence-corrected chi connectivity index (χ3v) is 3.11. The van der Waals surface area contributed by atoms with Crippen molar-refractivity contribution < 1.29 is 23.8 Å². The van der Waals surface area contributed by atoms with Crippen LogP contribution in [0.1, 0.15) is 64.4 Å². The summed E-state index contributed by atoms with van der Waals surface area (Å²) in [5.41, 5.74) is 0.708. The highest BCUT2D eigenvalue weighted by Crippen LogP contribution is 2.31. The van der Waals surface area contributed by atoms with E-state index in [2.05, 4.69) is 5.32 Å². The van der Waals surface area contributed by atoms with Gasteiger partial charge in [0.25, 0.3) is 0 Å². The molecule has 1 aromatic carbocycles. The predicted octanol–water partition coefficient (Wildman–Crippen LogP) is 4.07. The molecule has 0 saturated carbocycles. The summed E-state index contributed by atoms with van der Waals surface area (Å²) in [5, 5.41) is 2.46. The van der Waals surface area contributed by atoms with Crippen molar-refractivity contribution in [1.29, 1.82) is 0 Å². The Morgan fingerprint density at radius 1 is 1.24 bits per heavy atom. The fourth-order valence-corrected chi connectivity index (χ4v) is 2.08. The van der Waals surface area contributed by atoms with Gasteiger partial charge >= 0.3 is 6.09 Å². The second-order valence-corrected chi connectivity index (χ2v) is 6.89. The molecule has 0 unspecified atom stereocenters. The molecule has 140 valence electrons. The Bertz CT molecular complexity index is 617. The first-order valence-corrected chi connectivity index (χ1v) is 8.52. The van der Waals surface area contributed by atoms with Gasteiger partial charge in [-0.2, -0.15) is 0 Å². The lowest BCUT2D eigenvalue weighted by atomic mass is 10.1. The lowest BCUT2D eigenvalue weighted by Crippen LogP contribution is -2.36. The molecule has 6 heteroatoms. The molecule has 1 amide bonds. The van der Waals surface area contributed by atoms with Crippen molar-refractivity contribution in [3.05, 3.63) is 29.3 Å². The summed E-state index contributed by atoms with van der Waals surface area (Å²) in [7, 11) is 0. The molecular weight excluding hydrogens is 322 g/mol. The molecule has 0 atom stereocenters. The third-order valence-electron chi connectivity index (χ3n) is 3.11. The zero-order valence-electron chi connectivity index (χ0n) is 16.2. The van der Waals surface area contributed by atoms with E-state index in [4.69, 9.17) is 14.2 Å². The first-order chi connectivity index (χ1) is 11.6. The molecule has 1 aliphatic rings. The summed E-state index contributed by atoms with van der Waals surface area (Å²) < 4.78 is 16.3. The minimum Gasteiger partial charge on any atom is -0.463 e. The van der Waals surface area contributed by atoms with E-state index in [1.165, 1.54) is 0 Å². The zero-order chi connectivity index (χ0) is 19.3. The first kappa shape index (κ1) is 21.0. The average Bonchev–Trinajstić information content (AvgIpc) is 2.51. The highest BCUT2D eigenvalue weighted by molar-refractivity contribution is 5.99. The molecule has 0 saturated heterocycles. The van der Waals surface area contributed by atoms with Crippen molar-refractivity contribution in [3.8, 4) is 5.75 Å². The van der Waals surface area contributed by atoms with Crippen molar-refractivity contribution in [1.82, 2.24) is 5.32 Å². The number of rotatable bonds is 3. The molecule has 2 rings (SSSR count). The minimum atomic E-state index is -0.670. The number of benzene rings is 1. The number of amides is 1. The van der Waals surface area contributed by atoms with Crippen LogP contribution in [-0.4, -0.2) is 29.8 Å². The maximum absolute atomic E-state index is 12.2. The smallest absolute Gasteiger partial charge is 0.408 e. The van der Waals surface area contributed by atoms with Crippen LogP contribution in [0.4, 0.5) is 4.79 Å². The molecule has 0 bridgehead atoms. The number of carbonyl (C=O) groups excluding carboxylic acids is 2. The predicted molar refractivity (Wildman–Crippen MR) is 95.9 cm³/mol. The monoisotopic (exact) mass is 351 g/mol. The lowest BCUT2D eigenvalue weighted by molar-refractivity contribution is -0.180. The molecule has 6 nitrogen and oxygen atoms in total. The van der Waals surface area contributed by atoms with Crippen LogP contribution in [0.3, 0.4) is 0 Å². The van der Waals surface area contributed by atoms with Gasteiger partial charge in [-0.1, -0.05) is 13.8 Å².